The molecule has 0 aliphatic rings. The van der Waals surface area contributed by atoms with Crippen molar-refractivity contribution in [1.82, 2.24) is 20.1 Å². The highest BCUT2D eigenvalue weighted by Crippen LogP contribution is 2.24. The molecule has 0 aromatic carbocycles. The van der Waals surface area contributed by atoms with Gasteiger partial charge in [-0.3, -0.25) is 19.3 Å². The fourth-order valence-electron chi connectivity index (χ4n) is 2.40. The van der Waals surface area contributed by atoms with Crippen LogP contribution in [0.5, 0.6) is 0 Å². The molecule has 10 heteroatoms. The summed E-state index contributed by atoms with van der Waals surface area (Å²) in [6, 6.07) is 7.12. The predicted molar refractivity (Wildman–Crippen MR) is 103 cm³/mol. The molecular weight excluding hydrogens is 392 g/mol. The summed E-state index contributed by atoms with van der Waals surface area (Å²) in [7, 11) is 1.33. The number of aromatic nitrogens is 3. The van der Waals surface area contributed by atoms with E-state index < -0.39 is 6.04 Å². The van der Waals surface area contributed by atoms with Gasteiger partial charge in [-0.2, -0.15) is 5.10 Å². The molecule has 7 nitrogen and oxygen atoms in total. The van der Waals surface area contributed by atoms with Crippen LogP contribution in [0.3, 0.4) is 0 Å². The molecule has 0 aliphatic carbocycles. The number of carbonyl (C=O) groups excluding carboxylic acids is 2. The first kappa shape index (κ1) is 18.5. The molecule has 3 aromatic rings. The maximum absolute atomic E-state index is 12.6. The Morgan fingerprint density at radius 3 is 2.77 bits per heavy atom. The Morgan fingerprint density at radius 2 is 2.12 bits per heavy atom. The SMILES string of the molecule is COC(=O)CC(NC(=O)Cn1c(-c2cccs2)n[nH]c1=S)c1cccs1. The normalized spacial score (nSPS) is 11.9. The molecular formula is C16H16N4O3S3. The number of H-pyrrole nitrogens is 1. The standard InChI is InChI=1S/C16H16N4O3S3/c1-23-14(22)8-10(11-4-2-6-25-11)17-13(21)9-20-15(18-19-16(20)24)12-5-3-7-26-12/h2-7,10H,8-9H2,1H3,(H,17,21)(H,19,24). The summed E-state index contributed by atoms with van der Waals surface area (Å²) in [4.78, 5) is 26.1. The van der Waals surface area contributed by atoms with Crippen molar-refractivity contribution in [2.24, 2.45) is 0 Å². The number of amides is 1. The number of methoxy groups -OCH3 is 1. The van der Waals surface area contributed by atoms with Gasteiger partial charge in [-0.25, -0.2) is 0 Å². The van der Waals surface area contributed by atoms with Gasteiger partial charge >= 0.3 is 5.97 Å². The summed E-state index contributed by atoms with van der Waals surface area (Å²) in [5.74, 6) is -0.0358. The highest BCUT2D eigenvalue weighted by atomic mass is 32.1. The van der Waals surface area contributed by atoms with Crippen LogP contribution in [0.25, 0.3) is 10.7 Å². The minimum Gasteiger partial charge on any atom is -0.469 e. The lowest BCUT2D eigenvalue weighted by Crippen LogP contribution is -2.32. The number of hydrogen-bond acceptors (Lipinski definition) is 7. The van der Waals surface area contributed by atoms with Crippen LogP contribution >= 0.6 is 34.9 Å². The van der Waals surface area contributed by atoms with E-state index in [1.54, 1.807) is 4.57 Å². The number of ether oxygens (including phenoxy) is 1. The number of carbonyl (C=O) groups is 2. The van der Waals surface area contributed by atoms with Crippen molar-refractivity contribution >= 4 is 46.8 Å². The fourth-order valence-corrected chi connectivity index (χ4v) is 4.10. The lowest BCUT2D eigenvalue weighted by Gasteiger charge is -2.17. The molecule has 0 spiro atoms. The topological polar surface area (TPSA) is 89.0 Å². The van der Waals surface area contributed by atoms with E-state index in [9.17, 15) is 9.59 Å². The Hall–Kier alpha value is -2.30. The molecule has 2 N–H and O–H groups in total. The largest absolute Gasteiger partial charge is 0.469 e. The first-order valence-corrected chi connectivity index (χ1v) is 9.84. The number of rotatable bonds is 7. The Kier molecular flexibility index (Phi) is 5.96. The molecule has 0 radical (unpaired) electrons. The Balaban J connectivity index is 1.76. The van der Waals surface area contributed by atoms with Gasteiger partial charge in [0.15, 0.2) is 10.6 Å². The first-order valence-electron chi connectivity index (χ1n) is 7.67. The second-order valence-electron chi connectivity index (χ2n) is 5.33. The Labute approximate surface area is 162 Å². The van der Waals surface area contributed by atoms with E-state index in [0.717, 1.165) is 9.75 Å². The fraction of sp³-hybridized carbons (Fsp3) is 0.250. The summed E-state index contributed by atoms with van der Waals surface area (Å²) in [5, 5.41) is 13.6. The Bertz CT molecular complexity index is 929. The maximum Gasteiger partial charge on any atom is 0.307 e. The number of nitrogens with one attached hydrogen (secondary N) is 2. The van der Waals surface area contributed by atoms with Crippen molar-refractivity contribution in [2.45, 2.75) is 19.0 Å². The molecule has 0 fully saturated rings. The summed E-state index contributed by atoms with van der Waals surface area (Å²) in [6.45, 7) is 0.00557. The second-order valence-corrected chi connectivity index (χ2v) is 7.65. The second kappa shape index (κ2) is 8.39. The smallest absolute Gasteiger partial charge is 0.307 e. The van der Waals surface area contributed by atoms with E-state index in [-0.39, 0.29) is 24.8 Å². The van der Waals surface area contributed by atoms with Gasteiger partial charge in [0, 0.05) is 4.88 Å². The monoisotopic (exact) mass is 408 g/mol. The molecule has 0 saturated carbocycles. The van der Waals surface area contributed by atoms with Crippen molar-refractivity contribution in [3.05, 3.63) is 44.7 Å². The van der Waals surface area contributed by atoms with Crippen molar-refractivity contribution in [3.8, 4) is 10.7 Å². The molecule has 136 valence electrons. The van der Waals surface area contributed by atoms with E-state index in [1.165, 1.54) is 29.8 Å². The van der Waals surface area contributed by atoms with Crippen LogP contribution in [-0.2, 0) is 20.9 Å². The third-order valence-electron chi connectivity index (χ3n) is 3.62. The molecule has 26 heavy (non-hydrogen) atoms. The average molecular weight is 409 g/mol. The molecule has 3 aromatic heterocycles. The van der Waals surface area contributed by atoms with Gasteiger partial charge in [0.1, 0.15) is 6.54 Å². The first-order chi connectivity index (χ1) is 12.6. The quantitative estimate of drug-likeness (QED) is 0.463. The van der Waals surface area contributed by atoms with Crippen molar-refractivity contribution in [2.75, 3.05) is 7.11 Å². The highest BCUT2D eigenvalue weighted by molar-refractivity contribution is 7.71. The third-order valence-corrected chi connectivity index (χ3v) is 5.79. The van der Waals surface area contributed by atoms with Crippen LogP contribution in [0.4, 0.5) is 0 Å². The van der Waals surface area contributed by atoms with Crippen molar-refractivity contribution in [3.63, 3.8) is 0 Å². The van der Waals surface area contributed by atoms with Crippen LogP contribution < -0.4 is 5.32 Å². The van der Waals surface area contributed by atoms with Crippen LogP contribution in [0.2, 0.25) is 0 Å². The zero-order valence-electron chi connectivity index (χ0n) is 13.8. The Morgan fingerprint density at radius 1 is 1.35 bits per heavy atom. The van der Waals surface area contributed by atoms with E-state index in [1.807, 2.05) is 35.0 Å². The zero-order chi connectivity index (χ0) is 18.5. The lowest BCUT2D eigenvalue weighted by atomic mass is 10.1. The lowest BCUT2D eigenvalue weighted by molar-refractivity contribution is -0.141. The van der Waals surface area contributed by atoms with Gasteiger partial charge in [-0.15, -0.1) is 22.7 Å². The van der Waals surface area contributed by atoms with Gasteiger partial charge in [0.25, 0.3) is 0 Å². The predicted octanol–water partition coefficient (Wildman–Crippen LogP) is 3.15. The van der Waals surface area contributed by atoms with Gasteiger partial charge in [-0.05, 0) is 35.1 Å². The summed E-state index contributed by atoms with van der Waals surface area (Å²) < 4.78 is 6.74. The number of aromatic amines is 1. The molecule has 1 amide bonds. The van der Waals surface area contributed by atoms with Crippen molar-refractivity contribution < 1.29 is 14.3 Å². The molecule has 1 unspecified atom stereocenters. The minimum absolute atomic E-state index is 0.00557. The van der Waals surface area contributed by atoms with Gasteiger partial charge in [-0.1, -0.05) is 12.1 Å². The van der Waals surface area contributed by atoms with Crippen LogP contribution in [0.1, 0.15) is 17.3 Å². The average Bonchev–Trinajstić information content (AvgIpc) is 3.36. The van der Waals surface area contributed by atoms with Crippen molar-refractivity contribution in [1.29, 1.82) is 0 Å². The van der Waals surface area contributed by atoms with E-state index in [0.29, 0.717) is 10.6 Å². The van der Waals surface area contributed by atoms with E-state index in [2.05, 4.69) is 15.5 Å². The number of hydrogen-bond donors (Lipinski definition) is 2. The highest BCUT2D eigenvalue weighted by Gasteiger charge is 2.21. The molecule has 0 saturated heterocycles. The molecule has 1 atom stereocenters. The van der Waals surface area contributed by atoms with Crippen LogP contribution in [0, 0.1) is 4.77 Å². The maximum atomic E-state index is 12.6. The van der Waals surface area contributed by atoms with E-state index in [4.69, 9.17) is 17.0 Å². The summed E-state index contributed by atoms with van der Waals surface area (Å²) in [6.07, 6.45) is 0.0668. The van der Waals surface area contributed by atoms with Crippen LogP contribution in [-0.4, -0.2) is 33.8 Å². The van der Waals surface area contributed by atoms with E-state index >= 15 is 0 Å². The molecule has 0 aliphatic heterocycles. The number of thiophene rings is 2. The zero-order valence-corrected chi connectivity index (χ0v) is 16.2. The molecule has 3 rings (SSSR count). The number of nitrogens with zero attached hydrogens (tertiary/aromatic N) is 2. The summed E-state index contributed by atoms with van der Waals surface area (Å²) >= 11 is 8.23. The summed E-state index contributed by atoms with van der Waals surface area (Å²) in [5.41, 5.74) is 0. The number of esters is 1. The van der Waals surface area contributed by atoms with Gasteiger partial charge in [0.05, 0.1) is 24.4 Å². The van der Waals surface area contributed by atoms with Gasteiger partial charge in [0.2, 0.25) is 5.91 Å². The molecule has 0 bridgehead atoms. The minimum atomic E-state index is -0.443. The van der Waals surface area contributed by atoms with Gasteiger partial charge < -0.3 is 10.1 Å². The van der Waals surface area contributed by atoms with Crippen LogP contribution in [0.15, 0.2) is 35.0 Å². The molecule has 3 heterocycles. The third kappa shape index (κ3) is 4.26.